The van der Waals surface area contributed by atoms with Crippen molar-refractivity contribution in [2.24, 2.45) is 10.4 Å². The molecule has 0 unspecified atom stereocenters. The van der Waals surface area contributed by atoms with Gasteiger partial charge in [0.25, 0.3) is 0 Å². The van der Waals surface area contributed by atoms with E-state index in [1.807, 2.05) is 18.2 Å². The van der Waals surface area contributed by atoms with Gasteiger partial charge in [-0.05, 0) is 43.7 Å². The summed E-state index contributed by atoms with van der Waals surface area (Å²) < 4.78 is 16.8. The van der Waals surface area contributed by atoms with Crippen molar-refractivity contribution in [3.63, 3.8) is 0 Å². The van der Waals surface area contributed by atoms with E-state index in [-0.39, 0.29) is 0 Å². The fraction of sp³-hybridized carbons (Fsp3) is 0.650. The third-order valence-electron chi connectivity index (χ3n) is 5.18. The Morgan fingerprint density at radius 1 is 1.19 bits per heavy atom. The van der Waals surface area contributed by atoms with Gasteiger partial charge < -0.3 is 24.8 Å². The summed E-state index contributed by atoms with van der Waals surface area (Å²) in [6.45, 7) is 5.93. The minimum Gasteiger partial charge on any atom is -0.490 e. The van der Waals surface area contributed by atoms with E-state index in [0.717, 1.165) is 55.7 Å². The number of nitrogens with one attached hydrogen (secondary N) is 2. The Balaban J connectivity index is 1.67. The number of ether oxygens (including phenoxy) is 3. The van der Waals surface area contributed by atoms with Crippen LogP contribution in [0.5, 0.6) is 11.5 Å². The Morgan fingerprint density at radius 2 is 2.00 bits per heavy atom. The third kappa shape index (κ3) is 4.81. The van der Waals surface area contributed by atoms with Gasteiger partial charge in [0, 0.05) is 45.0 Å². The lowest BCUT2D eigenvalue weighted by Crippen LogP contribution is -2.37. The van der Waals surface area contributed by atoms with Crippen LogP contribution in [0.15, 0.2) is 23.2 Å². The van der Waals surface area contributed by atoms with Crippen molar-refractivity contribution in [1.29, 1.82) is 0 Å². The normalized spacial score (nSPS) is 18.6. The second kappa shape index (κ2) is 9.12. The van der Waals surface area contributed by atoms with Crippen LogP contribution in [0.3, 0.4) is 0 Å². The molecule has 26 heavy (non-hydrogen) atoms. The molecule has 1 aromatic rings. The minimum absolute atomic E-state index is 0.309. The van der Waals surface area contributed by atoms with Crippen LogP contribution in [-0.4, -0.2) is 46.0 Å². The molecule has 0 spiro atoms. The topological polar surface area (TPSA) is 64.1 Å². The highest BCUT2D eigenvalue weighted by molar-refractivity contribution is 5.94. The van der Waals surface area contributed by atoms with E-state index in [2.05, 4.69) is 17.6 Å². The number of aliphatic imine (C=N–C) groups is 1. The van der Waals surface area contributed by atoms with Gasteiger partial charge >= 0.3 is 0 Å². The van der Waals surface area contributed by atoms with Crippen LogP contribution in [0.1, 0.15) is 39.0 Å². The number of guanidine groups is 1. The van der Waals surface area contributed by atoms with E-state index in [9.17, 15) is 0 Å². The van der Waals surface area contributed by atoms with Crippen molar-refractivity contribution in [2.75, 3.05) is 45.3 Å². The molecule has 0 aromatic heterocycles. The maximum Gasteiger partial charge on any atom is 0.195 e. The van der Waals surface area contributed by atoms with Crippen molar-refractivity contribution in [3.8, 4) is 11.5 Å². The Hall–Kier alpha value is -1.95. The van der Waals surface area contributed by atoms with Crippen LogP contribution in [0.25, 0.3) is 0 Å². The molecule has 1 aromatic carbocycles. The summed E-state index contributed by atoms with van der Waals surface area (Å²) in [7, 11) is 1.77. The van der Waals surface area contributed by atoms with Crippen LogP contribution in [0.2, 0.25) is 0 Å². The zero-order valence-corrected chi connectivity index (χ0v) is 16.0. The third-order valence-corrected chi connectivity index (χ3v) is 5.18. The first-order valence-corrected chi connectivity index (χ1v) is 9.69. The molecule has 0 radical (unpaired) electrons. The van der Waals surface area contributed by atoms with Crippen molar-refractivity contribution < 1.29 is 14.2 Å². The fourth-order valence-electron chi connectivity index (χ4n) is 3.41. The molecule has 1 saturated carbocycles. The summed E-state index contributed by atoms with van der Waals surface area (Å²) in [5.74, 6) is 2.41. The van der Waals surface area contributed by atoms with Gasteiger partial charge in [-0.1, -0.05) is 6.42 Å². The average Bonchev–Trinajstić information content (AvgIpc) is 2.85. The van der Waals surface area contributed by atoms with Crippen LogP contribution in [0, 0.1) is 5.41 Å². The molecule has 1 fully saturated rings. The number of methoxy groups -OCH3 is 1. The first kappa shape index (κ1) is 18.8. The van der Waals surface area contributed by atoms with Crippen LogP contribution >= 0.6 is 0 Å². The van der Waals surface area contributed by atoms with E-state index in [1.165, 1.54) is 19.3 Å². The SMILES string of the molecule is CCNC(=NCC1(CCOC)CCC1)Nc1ccc2c(c1)OCCCO2. The van der Waals surface area contributed by atoms with Crippen LogP contribution in [-0.2, 0) is 4.74 Å². The molecule has 0 atom stereocenters. The van der Waals surface area contributed by atoms with E-state index >= 15 is 0 Å². The highest BCUT2D eigenvalue weighted by atomic mass is 16.5. The summed E-state index contributed by atoms with van der Waals surface area (Å²) in [4.78, 5) is 4.85. The first-order valence-electron chi connectivity index (χ1n) is 9.69. The molecule has 0 amide bonds. The Kier molecular flexibility index (Phi) is 6.61. The molecule has 0 saturated heterocycles. The molecule has 1 heterocycles. The Labute approximate surface area is 156 Å². The highest BCUT2D eigenvalue weighted by Crippen LogP contribution is 2.44. The van der Waals surface area contributed by atoms with Gasteiger partial charge in [-0.3, -0.25) is 4.99 Å². The Morgan fingerprint density at radius 3 is 2.69 bits per heavy atom. The largest absolute Gasteiger partial charge is 0.490 e. The van der Waals surface area contributed by atoms with E-state index < -0.39 is 0 Å². The fourth-order valence-corrected chi connectivity index (χ4v) is 3.41. The number of fused-ring (bicyclic) bond motifs is 1. The smallest absolute Gasteiger partial charge is 0.195 e. The zero-order valence-electron chi connectivity index (χ0n) is 16.0. The number of hydrogen-bond acceptors (Lipinski definition) is 4. The molecule has 144 valence electrons. The summed E-state index contributed by atoms with van der Waals surface area (Å²) in [6, 6.07) is 5.94. The Bertz CT molecular complexity index is 614. The number of hydrogen-bond donors (Lipinski definition) is 2. The molecule has 1 aliphatic heterocycles. The van der Waals surface area contributed by atoms with Crippen LogP contribution < -0.4 is 20.1 Å². The lowest BCUT2D eigenvalue weighted by Gasteiger charge is -2.40. The van der Waals surface area contributed by atoms with Crippen LogP contribution in [0.4, 0.5) is 5.69 Å². The summed E-state index contributed by atoms with van der Waals surface area (Å²) in [6.07, 6.45) is 5.76. The van der Waals surface area contributed by atoms with Crippen molar-refractivity contribution in [3.05, 3.63) is 18.2 Å². The predicted molar refractivity (Wildman–Crippen MR) is 104 cm³/mol. The van der Waals surface area contributed by atoms with Gasteiger partial charge in [-0.15, -0.1) is 0 Å². The number of anilines is 1. The number of rotatable bonds is 7. The summed E-state index contributed by atoms with van der Waals surface area (Å²) >= 11 is 0. The molecule has 6 nitrogen and oxygen atoms in total. The number of benzene rings is 1. The van der Waals surface area contributed by atoms with E-state index in [4.69, 9.17) is 19.2 Å². The summed E-state index contributed by atoms with van der Waals surface area (Å²) in [5, 5.41) is 6.74. The van der Waals surface area contributed by atoms with Gasteiger partial charge in [0.05, 0.1) is 13.2 Å². The second-order valence-electron chi connectivity index (χ2n) is 7.13. The van der Waals surface area contributed by atoms with Gasteiger partial charge in [-0.2, -0.15) is 0 Å². The molecule has 0 bridgehead atoms. The van der Waals surface area contributed by atoms with Crippen molar-refractivity contribution in [2.45, 2.75) is 39.0 Å². The standard InChI is InChI=1S/C20H31N3O3/c1-3-21-19(22-15-20(8-4-9-20)10-13-24-2)23-16-6-7-17-18(14-16)26-12-5-11-25-17/h6-7,14H,3-5,8-13,15H2,1-2H3,(H2,21,22,23). The van der Waals surface area contributed by atoms with Crippen molar-refractivity contribution >= 4 is 11.6 Å². The van der Waals surface area contributed by atoms with Gasteiger partial charge in [-0.25, -0.2) is 0 Å². The molecule has 3 rings (SSSR count). The maximum atomic E-state index is 5.78. The molecular weight excluding hydrogens is 330 g/mol. The molecule has 1 aliphatic carbocycles. The van der Waals surface area contributed by atoms with Gasteiger partial charge in [0.2, 0.25) is 0 Å². The summed E-state index contributed by atoms with van der Waals surface area (Å²) in [5.41, 5.74) is 1.26. The monoisotopic (exact) mass is 361 g/mol. The van der Waals surface area contributed by atoms with Gasteiger partial charge in [0.15, 0.2) is 17.5 Å². The molecule has 2 aliphatic rings. The predicted octanol–water partition coefficient (Wildman–Crippen LogP) is 3.43. The minimum atomic E-state index is 0.309. The van der Waals surface area contributed by atoms with E-state index in [0.29, 0.717) is 18.6 Å². The second-order valence-corrected chi connectivity index (χ2v) is 7.13. The highest BCUT2D eigenvalue weighted by Gasteiger charge is 2.36. The van der Waals surface area contributed by atoms with E-state index in [1.54, 1.807) is 7.11 Å². The molecule has 6 heteroatoms. The zero-order chi connectivity index (χ0) is 18.2. The van der Waals surface area contributed by atoms with Gasteiger partial charge in [0.1, 0.15) is 0 Å². The molecule has 2 N–H and O–H groups in total. The average molecular weight is 361 g/mol. The maximum absolute atomic E-state index is 5.78. The number of nitrogens with zero attached hydrogens (tertiary/aromatic N) is 1. The quantitative estimate of drug-likeness (QED) is 0.575. The lowest BCUT2D eigenvalue weighted by atomic mass is 9.67. The molecular formula is C20H31N3O3. The first-order chi connectivity index (χ1) is 12.7. The lowest BCUT2D eigenvalue weighted by molar-refractivity contribution is 0.0779. The van der Waals surface area contributed by atoms with Crippen molar-refractivity contribution in [1.82, 2.24) is 5.32 Å².